The summed E-state index contributed by atoms with van der Waals surface area (Å²) in [5.41, 5.74) is 0. The first kappa shape index (κ1) is 13.7. The molecule has 4 heterocycles. The lowest BCUT2D eigenvalue weighted by molar-refractivity contribution is 0.217. The highest BCUT2D eigenvalue weighted by molar-refractivity contribution is 7.91. The van der Waals surface area contributed by atoms with Gasteiger partial charge in [-0.1, -0.05) is 11.2 Å². The van der Waals surface area contributed by atoms with E-state index in [0.29, 0.717) is 34.8 Å². The van der Waals surface area contributed by atoms with Gasteiger partial charge in [0.05, 0.1) is 12.2 Å². The van der Waals surface area contributed by atoms with Gasteiger partial charge in [0.2, 0.25) is 11.7 Å². The van der Waals surface area contributed by atoms with E-state index in [1.807, 2.05) is 0 Å². The fourth-order valence-electron chi connectivity index (χ4n) is 2.23. The van der Waals surface area contributed by atoms with Gasteiger partial charge in [-0.3, -0.25) is 0 Å². The van der Waals surface area contributed by atoms with Crippen LogP contribution in [0.25, 0.3) is 11.6 Å². The van der Waals surface area contributed by atoms with Crippen molar-refractivity contribution in [3.8, 4) is 11.6 Å². The zero-order valence-corrected chi connectivity index (χ0v) is 12.9. The van der Waals surface area contributed by atoms with Crippen LogP contribution < -0.4 is 0 Å². The van der Waals surface area contributed by atoms with Crippen LogP contribution in [0.3, 0.4) is 0 Å². The van der Waals surface area contributed by atoms with Crippen molar-refractivity contribution in [3.63, 3.8) is 0 Å². The Morgan fingerprint density at radius 1 is 1.27 bits per heavy atom. The Morgan fingerprint density at radius 3 is 2.82 bits per heavy atom. The van der Waals surface area contributed by atoms with E-state index in [9.17, 15) is 8.42 Å². The van der Waals surface area contributed by atoms with Crippen LogP contribution in [0.5, 0.6) is 0 Å². The van der Waals surface area contributed by atoms with Gasteiger partial charge in [0, 0.05) is 13.1 Å². The summed E-state index contributed by atoms with van der Waals surface area (Å²) < 4.78 is 36.8. The first-order valence-corrected chi connectivity index (χ1v) is 8.88. The first-order valence-electron chi connectivity index (χ1n) is 6.56. The Hall–Kier alpha value is -1.97. The molecule has 22 heavy (non-hydrogen) atoms. The summed E-state index contributed by atoms with van der Waals surface area (Å²) in [5, 5.41) is 5.60. The molecule has 1 fully saturated rings. The maximum absolute atomic E-state index is 12.3. The third-order valence-electron chi connectivity index (χ3n) is 3.47. The van der Waals surface area contributed by atoms with E-state index in [1.54, 1.807) is 29.6 Å². The predicted molar refractivity (Wildman–Crippen MR) is 77.8 cm³/mol. The molecule has 0 amide bonds. The average molecular weight is 337 g/mol. The normalized spacial score (nSPS) is 16.7. The van der Waals surface area contributed by atoms with Crippen molar-refractivity contribution in [2.75, 3.05) is 13.1 Å². The van der Waals surface area contributed by atoms with E-state index in [2.05, 4.69) is 10.1 Å². The molecule has 0 saturated carbocycles. The van der Waals surface area contributed by atoms with Gasteiger partial charge in [0.25, 0.3) is 10.0 Å². The van der Waals surface area contributed by atoms with E-state index >= 15 is 0 Å². The summed E-state index contributed by atoms with van der Waals surface area (Å²) >= 11 is 1.21. The van der Waals surface area contributed by atoms with Crippen LogP contribution in [0.1, 0.15) is 11.8 Å². The van der Waals surface area contributed by atoms with Gasteiger partial charge in [0.15, 0.2) is 5.76 Å². The van der Waals surface area contributed by atoms with E-state index in [0.717, 1.165) is 0 Å². The Labute approximate surface area is 130 Å². The molecule has 1 aliphatic rings. The minimum atomic E-state index is -3.39. The Morgan fingerprint density at radius 2 is 2.14 bits per heavy atom. The number of rotatable bonds is 4. The minimum Gasteiger partial charge on any atom is -0.461 e. The molecule has 3 aromatic rings. The third kappa shape index (κ3) is 2.18. The number of hydrogen-bond acceptors (Lipinski definition) is 7. The van der Waals surface area contributed by atoms with Crippen LogP contribution in [0, 0.1) is 0 Å². The maximum atomic E-state index is 12.3. The molecule has 0 radical (unpaired) electrons. The molecule has 0 unspecified atom stereocenters. The fourth-order valence-corrected chi connectivity index (χ4v) is 4.91. The molecule has 1 aliphatic heterocycles. The Balaban J connectivity index is 1.48. The van der Waals surface area contributed by atoms with E-state index < -0.39 is 10.0 Å². The molecule has 0 N–H and O–H groups in total. The predicted octanol–water partition coefficient (Wildman–Crippen LogP) is 2.18. The smallest absolute Gasteiger partial charge is 0.252 e. The van der Waals surface area contributed by atoms with Crippen molar-refractivity contribution in [2.24, 2.45) is 0 Å². The van der Waals surface area contributed by atoms with Gasteiger partial charge in [-0.05, 0) is 23.6 Å². The quantitative estimate of drug-likeness (QED) is 0.725. The van der Waals surface area contributed by atoms with Crippen molar-refractivity contribution in [2.45, 2.75) is 10.1 Å². The van der Waals surface area contributed by atoms with Crippen molar-refractivity contribution in [1.29, 1.82) is 0 Å². The average Bonchev–Trinajstić information content (AvgIpc) is 3.19. The summed E-state index contributed by atoms with van der Waals surface area (Å²) in [6.45, 7) is 0.694. The van der Waals surface area contributed by atoms with Gasteiger partial charge in [-0.2, -0.15) is 9.29 Å². The second kappa shape index (κ2) is 5.04. The number of sulfonamides is 1. The van der Waals surface area contributed by atoms with Gasteiger partial charge in [-0.15, -0.1) is 11.3 Å². The molecule has 0 aliphatic carbocycles. The van der Waals surface area contributed by atoms with Gasteiger partial charge in [-0.25, -0.2) is 8.42 Å². The molecule has 0 aromatic carbocycles. The van der Waals surface area contributed by atoms with Crippen LogP contribution in [0.15, 0.2) is 49.1 Å². The van der Waals surface area contributed by atoms with Crippen LogP contribution in [0.2, 0.25) is 0 Å². The topological polar surface area (TPSA) is 89.4 Å². The monoisotopic (exact) mass is 337 g/mol. The van der Waals surface area contributed by atoms with Crippen LogP contribution in [-0.2, 0) is 10.0 Å². The summed E-state index contributed by atoms with van der Waals surface area (Å²) in [6.07, 6.45) is 1.53. The number of nitrogens with zero attached hydrogens (tertiary/aromatic N) is 3. The van der Waals surface area contributed by atoms with Crippen molar-refractivity contribution in [3.05, 3.63) is 41.8 Å². The van der Waals surface area contributed by atoms with E-state index in [4.69, 9.17) is 8.94 Å². The number of aromatic nitrogens is 2. The molecule has 0 spiro atoms. The molecule has 0 bridgehead atoms. The highest BCUT2D eigenvalue weighted by atomic mass is 32.2. The van der Waals surface area contributed by atoms with Crippen LogP contribution in [0.4, 0.5) is 0 Å². The standard InChI is InChI=1S/C13H11N3O4S2/c17-22(18,11-4-2-6-21-11)16-7-9(8-16)13-14-12(15-20-13)10-3-1-5-19-10/h1-6,9H,7-8H2. The lowest BCUT2D eigenvalue weighted by Gasteiger charge is -2.35. The zero-order valence-electron chi connectivity index (χ0n) is 11.2. The zero-order chi connectivity index (χ0) is 15.2. The van der Waals surface area contributed by atoms with Crippen LogP contribution in [-0.4, -0.2) is 36.0 Å². The highest BCUT2D eigenvalue weighted by Gasteiger charge is 2.40. The number of furan rings is 1. The highest BCUT2D eigenvalue weighted by Crippen LogP contribution is 2.33. The summed E-state index contributed by atoms with van der Waals surface area (Å²) in [5.74, 6) is 1.26. The van der Waals surface area contributed by atoms with Gasteiger partial charge >= 0.3 is 0 Å². The molecule has 9 heteroatoms. The first-order chi connectivity index (χ1) is 10.6. The molecular weight excluding hydrogens is 326 g/mol. The molecule has 0 atom stereocenters. The number of hydrogen-bond donors (Lipinski definition) is 0. The third-order valence-corrected chi connectivity index (χ3v) is 6.67. The summed E-state index contributed by atoms with van der Waals surface area (Å²) in [7, 11) is -3.39. The lowest BCUT2D eigenvalue weighted by atomic mass is 10.0. The minimum absolute atomic E-state index is 0.0778. The van der Waals surface area contributed by atoms with E-state index in [-0.39, 0.29) is 5.92 Å². The second-order valence-corrected chi connectivity index (χ2v) is 8.00. The van der Waals surface area contributed by atoms with Gasteiger partial charge in [0.1, 0.15) is 4.21 Å². The molecule has 3 aromatic heterocycles. The van der Waals surface area contributed by atoms with Gasteiger partial charge < -0.3 is 8.94 Å². The molecular formula is C13H11N3O4S2. The lowest BCUT2D eigenvalue weighted by Crippen LogP contribution is -2.48. The SMILES string of the molecule is O=S(=O)(c1cccs1)N1CC(c2nc(-c3ccco3)no2)C1. The van der Waals surface area contributed by atoms with Crippen molar-refractivity contribution in [1.82, 2.24) is 14.4 Å². The Kier molecular flexibility index (Phi) is 3.13. The number of thiophene rings is 1. The summed E-state index contributed by atoms with van der Waals surface area (Å²) in [6, 6.07) is 6.81. The molecule has 4 rings (SSSR count). The largest absolute Gasteiger partial charge is 0.461 e. The molecule has 1 saturated heterocycles. The fraction of sp³-hybridized carbons (Fsp3) is 0.231. The molecule has 114 valence electrons. The molecule has 7 nitrogen and oxygen atoms in total. The maximum Gasteiger partial charge on any atom is 0.252 e. The second-order valence-electron chi connectivity index (χ2n) is 4.88. The van der Waals surface area contributed by atoms with Crippen molar-refractivity contribution < 1.29 is 17.4 Å². The van der Waals surface area contributed by atoms with E-state index in [1.165, 1.54) is 21.9 Å². The Bertz CT molecular complexity index is 862. The summed E-state index contributed by atoms with van der Waals surface area (Å²) in [4.78, 5) is 4.26. The van der Waals surface area contributed by atoms with Crippen molar-refractivity contribution >= 4 is 21.4 Å². The van der Waals surface area contributed by atoms with Crippen LogP contribution >= 0.6 is 11.3 Å².